The van der Waals surface area contributed by atoms with Crippen LogP contribution in [0, 0.1) is 13.8 Å². The van der Waals surface area contributed by atoms with Crippen molar-refractivity contribution in [2.24, 2.45) is 0 Å². The molecule has 2 aliphatic carbocycles. The maximum Gasteiger partial charge on any atom is 0.0727 e. The summed E-state index contributed by atoms with van der Waals surface area (Å²) in [5.41, 5.74) is 19.2. The van der Waals surface area contributed by atoms with Gasteiger partial charge in [-0.25, -0.2) is 0 Å². The van der Waals surface area contributed by atoms with E-state index in [2.05, 4.69) is 230 Å². The lowest BCUT2D eigenvalue weighted by Gasteiger charge is -2.33. The summed E-state index contributed by atoms with van der Waals surface area (Å²) >= 11 is 1.93. The van der Waals surface area contributed by atoms with Crippen LogP contribution in [0.3, 0.4) is 0 Å². The second-order valence-electron chi connectivity index (χ2n) is 16.2. The number of aryl methyl sites for hydroxylation is 2. The van der Waals surface area contributed by atoms with Crippen LogP contribution < -0.4 is 9.80 Å². The van der Waals surface area contributed by atoms with E-state index < -0.39 is 5.41 Å². The monoisotopic (exact) mass is 784 g/mol. The molecule has 0 amide bonds. The van der Waals surface area contributed by atoms with Crippen LogP contribution in [0.15, 0.2) is 206 Å². The number of nitrogens with zero attached hydrogens (tertiary/aromatic N) is 2. The van der Waals surface area contributed by atoms with Crippen molar-refractivity contribution >= 4 is 65.6 Å². The van der Waals surface area contributed by atoms with E-state index in [4.69, 9.17) is 0 Å². The zero-order valence-corrected chi connectivity index (χ0v) is 34.2. The van der Waals surface area contributed by atoms with Gasteiger partial charge in [0.2, 0.25) is 0 Å². The zero-order chi connectivity index (χ0) is 40.0. The molecule has 0 N–H and O–H groups in total. The summed E-state index contributed by atoms with van der Waals surface area (Å²) in [5.74, 6) is 0. The Morgan fingerprint density at radius 3 is 1.42 bits per heavy atom. The number of para-hydroxylation sites is 2. The highest BCUT2D eigenvalue weighted by Crippen LogP contribution is 2.65. The van der Waals surface area contributed by atoms with Crippen molar-refractivity contribution < 1.29 is 0 Å². The van der Waals surface area contributed by atoms with E-state index in [1.165, 1.54) is 75.8 Å². The highest BCUT2D eigenvalue weighted by atomic mass is 32.1. The van der Waals surface area contributed by atoms with Crippen LogP contribution in [0.1, 0.15) is 33.4 Å². The van der Waals surface area contributed by atoms with Crippen molar-refractivity contribution in [1.29, 1.82) is 0 Å². The van der Waals surface area contributed by atoms with Gasteiger partial charge in [-0.3, -0.25) is 0 Å². The molecule has 0 radical (unpaired) electrons. The van der Waals surface area contributed by atoms with Crippen molar-refractivity contribution in [2.45, 2.75) is 19.3 Å². The summed E-state index contributed by atoms with van der Waals surface area (Å²) < 4.78 is 2.68. The molecule has 0 atom stereocenters. The number of rotatable bonds is 6. The molecule has 10 aromatic rings. The predicted octanol–water partition coefficient (Wildman–Crippen LogP) is 16.0. The van der Waals surface area contributed by atoms with Crippen molar-refractivity contribution in [3.8, 4) is 22.3 Å². The maximum absolute atomic E-state index is 2.50. The van der Waals surface area contributed by atoms with Gasteiger partial charge in [-0.15, -0.1) is 11.3 Å². The second kappa shape index (κ2) is 13.4. The number of anilines is 6. The van der Waals surface area contributed by atoms with Crippen LogP contribution >= 0.6 is 11.3 Å². The highest BCUT2D eigenvalue weighted by molar-refractivity contribution is 7.26. The van der Waals surface area contributed by atoms with Crippen molar-refractivity contribution in [1.82, 2.24) is 0 Å². The quantitative estimate of drug-likeness (QED) is 0.166. The third-order valence-electron chi connectivity index (χ3n) is 12.8. The van der Waals surface area contributed by atoms with Gasteiger partial charge in [-0.05, 0) is 132 Å². The molecule has 9 aromatic carbocycles. The molecule has 2 aliphatic rings. The molecule has 1 heterocycles. The van der Waals surface area contributed by atoms with E-state index >= 15 is 0 Å². The first-order valence-electron chi connectivity index (χ1n) is 20.8. The Morgan fingerprint density at radius 2 is 0.833 bits per heavy atom. The molecule has 0 aliphatic heterocycles. The van der Waals surface area contributed by atoms with Gasteiger partial charge in [0.1, 0.15) is 0 Å². The third kappa shape index (κ3) is 5.06. The van der Waals surface area contributed by atoms with Crippen LogP contribution in [-0.4, -0.2) is 0 Å². The molecular formula is C57H40N2S. The zero-order valence-electron chi connectivity index (χ0n) is 33.4. The number of hydrogen-bond acceptors (Lipinski definition) is 3. The lowest BCUT2D eigenvalue weighted by atomic mass is 9.70. The highest BCUT2D eigenvalue weighted by Gasteiger charge is 2.52. The Kier molecular flexibility index (Phi) is 7.79. The van der Waals surface area contributed by atoms with Gasteiger partial charge in [0, 0.05) is 59.9 Å². The number of benzene rings is 9. The second-order valence-corrected chi connectivity index (χ2v) is 17.3. The first-order chi connectivity index (χ1) is 29.6. The topological polar surface area (TPSA) is 6.48 Å². The maximum atomic E-state index is 2.50. The predicted molar refractivity (Wildman–Crippen MR) is 254 cm³/mol. The normalized spacial score (nSPS) is 13.0. The van der Waals surface area contributed by atoms with Gasteiger partial charge >= 0.3 is 0 Å². The van der Waals surface area contributed by atoms with E-state index in [1.54, 1.807) is 0 Å². The van der Waals surface area contributed by atoms with E-state index in [9.17, 15) is 0 Å². The van der Waals surface area contributed by atoms with E-state index in [-0.39, 0.29) is 0 Å². The summed E-state index contributed by atoms with van der Waals surface area (Å²) in [6.45, 7) is 4.31. The molecule has 0 bridgehead atoms. The number of hydrogen-bond donors (Lipinski definition) is 0. The minimum absolute atomic E-state index is 0.571. The molecule has 3 heteroatoms. The molecule has 0 saturated heterocycles. The molecular weight excluding hydrogens is 745 g/mol. The summed E-state index contributed by atoms with van der Waals surface area (Å²) in [6, 6.07) is 76.8. The molecule has 0 saturated carbocycles. The Bertz CT molecular complexity index is 3130. The van der Waals surface area contributed by atoms with Gasteiger partial charge in [0.15, 0.2) is 0 Å². The molecule has 0 unspecified atom stereocenters. The Morgan fingerprint density at radius 1 is 0.350 bits per heavy atom. The first-order valence-corrected chi connectivity index (χ1v) is 21.6. The fourth-order valence-electron chi connectivity index (χ4n) is 10.1. The van der Waals surface area contributed by atoms with Crippen LogP contribution in [0.4, 0.5) is 34.1 Å². The molecule has 1 aromatic heterocycles. The van der Waals surface area contributed by atoms with Crippen molar-refractivity contribution in [2.75, 3.05) is 9.80 Å². The summed E-state index contributed by atoms with van der Waals surface area (Å²) in [6.07, 6.45) is 0. The number of fused-ring (bicyclic) bond motifs is 14. The molecule has 12 rings (SSSR count). The lowest BCUT2D eigenvalue weighted by Crippen LogP contribution is -2.26. The molecule has 60 heavy (non-hydrogen) atoms. The van der Waals surface area contributed by atoms with Gasteiger partial charge in [-0.2, -0.15) is 0 Å². The van der Waals surface area contributed by atoms with Crippen LogP contribution in [0.25, 0.3) is 42.4 Å². The fraction of sp³-hybridized carbons (Fsp3) is 0.0526. The van der Waals surface area contributed by atoms with Gasteiger partial charge in [0.05, 0.1) is 5.41 Å². The summed E-state index contributed by atoms with van der Waals surface area (Å²) in [7, 11) is 0. The van der Waals surface area contributed by atoms with Gasteiger partial charge in [-0.1, -0.05) is 139 Å². The Balaban J connectivity index is 1.17. The van der Waals surface area contributed by atoms with Crippen molar-refractivity contribution in [3.05, 3.63) is 240 Å². The minimum atomic E-state index is -0.571. The van der Waals surface area contributed by atoms with Crippen LogP contribution in [0.5, 0.6) is 0 Å². The fourth-order valence-corrected chi connectivity index (χ4v) is 11.4. The SMILES string of the molecule is Cc1ccc(N(c2ccccc2)c2ccc3c(c2)C2(c4cc(N(c5ccccc5)c5ccc(C)cc5)ccc4-3)c3ccccc3-c3c2ccc2c3sc3ccccc32)cc1. The standard InChI is InChI=1S/C57H40N2S/c1-37-21-25-41(26-22-37)58(39-13-5-3-6-14-39)43-29-31-45-46-32-30-44(59(40-15-7-4-8-16-40)42-27-23-38(2)24-28-42)36-53(46)57(52(45)35-43)50-19-11-9-18-49(50)55-51(57)34-33-48-47-17-10-12-20-54(47)60-56(48)55/h3-36H,1-2H3. The smallest absolute Gasteiger partial charge is 0.0727 e. The first kappa shape index (κ1) is 34.8. The Hall–Kier alpha value is -7.20. The van der Waals surface area contributed by atoms with Gasteiger partial charge in [0.25, 0.3) is 0 Å². The van der Waals surface area contributed by atoms with Crippen molar-refractivity contribution in [3.63, 3.8) is 0 Å². The minimum Gasteiger partial charge on any atom is -0.310 e. The van der Waals surface area contributed by atoms with Crippen LogP contribution in [-0.2, 0) is 5.41 Å². The molecule has 0 fully saturated rings. The molecule has 1 spiro atoms. The summed E-state index contributed by atoms with van der Waals surface area (Å²) in [5, 5.41) is 2.65. The van der Waals surface area contributed by atoms with Crippen LogP contribution in [0.2, 0.25) is 0 Å². The average molecular weight is 785 g/mol. The Labute approximate surface area is 354 Å². The summed E-state index contributed by atoms with van der Waals surface area (Å²) in [4.78, 5) is 4.82. The van der Waals surface area contributed by atoms with E-state index in [0.29, 0.717) is 0 Å². The number of thiophene rings is 1. The van der Waals surface area contributed by atoms with E-state index in [1.807, 2.05) is 11.3 Å². The average Bonchev–Trinajstić information content (AvgIpc) is 3.92. The van der Waals surface area contributed by atoms with Gasteiger partial charge < -0.3 is 9.80 Å². The molecule has 2 nitrogen and oxygen atoms in total. The molecule has 284 valence electrons. The van der Waals surface area contributed by atoms with E-state index in [0.717, 1.165) is 34.1 Å². The lowest BCUT2D eigenvalue weighted by molar-refractivity contribution is 0.794. The largest absolute Gasteiger partial charge is 0.310 e. The third-order valence-corrected chi connectivity index (χ3v) is 14.0.